The molecular formula is C13H26N2O2. The van der Waals surface area contributed by atoms with Crippen molar-refractivity contribution in [3.05, 3.63) is 0 Å². The second-order valence-electron chi connectivity index (χ2n) is 5.75. The van der Waals surface area contributed by atoms with Crippen LogP contribution in [0.25, 0.3) is 0 Å². The highest BCUT2D eigenvalue weighted by atomic mass is 16.6. The predicted octanol–water partition coefficient (Wildman–Crippen LogP) is 2.51. The summed E-state index contributed by atoms with van der Waals surface area (Å²) in [6.07, 6.45) is 5.17. The highest BCUT2D eigenvalue weighted by Crippen LogP contribution is 2.23. The largest absolute Gasteiger partial charge is 0.444 e. The van der Waals surface area contributed by atoms with Gasteiger partial charge in [0.15, 0.2) is 0 Å². The Morgan fingerprint density at radius 2 is 2.12 bits per heavy atom. The van der Waals surface area contributed by atoms with Gasteiger partial charge in [0.05, 0.1) is 0 Å². The maximum absolute atomic E-state index is 12.1. The third-order valence-electron chi connectivity index (χ3n) is 3.00. The minimum absolute atomic E-state index is 0.167. The molecule has 1 saturated heterocycles. The molecule has 0 aliphatic carbocycles. The highest BCUT2D eigenvalue weighted by Gasteiger charge is 2.29. The van der Waals surface area contributed by atoms with Gasteiger partial charge in [0.25, 0.3) is 0 Å². The van der Waals surface area contributed by atoms with E-state index >= 15 is 0 Å². The van der Waals surface area contributed by atoms with Crippen molar-refractivity contribution in [2.24, 2.45) is 5.73 Å². The molecule has 0 spiro atoms. The highest BCUT2D eigenvalue weighted by molar-refractivity contribution is 5.68. The van der Waals surface area contributed by atoms with Crippen LogP contribution in [0.15, 0.2) is 0 Å². The van der Waals surface area contributed by atoms with Gasteiger partial charge in [-0.25, -0.2) is 4.79 Å². The number of nitrogens with two attached hydrogens (primary N) is 1. The third-order valence-corrected chi connectivity index (χ3v) is 3.00. The molecule has 1 heterocycles. The zero-order chi connectivity index (χ0) is 12.9. The molecule has 2 N–H and O–H groups in total. The van der Waals surface area contributed by atoms with Gasteiger partial charge in [-0.2, -0.15) is 0 Å². The minimum Gasteiger partial charge on any atom is -0.444 e. The second-order valence-corrected chi connectivity index (χ2v) is 5.75. The average molecular weight is 242 g/mol. The van der Waals surface area contributed by atoms with Gasteiger partial charge in [0.2, 0.25) is 0 Å². The van der Waals surface area contributed by atoms with Crippen molar-refractivity contribution in [2.45, 2.75) is 64.5 Å². The van der Waals surface area contributed by atoms with E-state index in [4.69, 9.17) is 10.5 Å². The Balaban J connectivity index is 2.54. The number of rotatable bonds is 3. The molecule has 0 aromatic heterocycles. The Hall–Kier alpha value is -0.770. The Bertz CT molecular complexity index is 248. The van der Waals surface area contributed by atoms with Crippen molar-refractivity contribution < 1.29 is 9.53 Å². The van der Waals surface area contributed by atoms with E-state index in [0.717, 1.165) is 32.2 Å². The van der Waals surface area contributed by atoms with Gasteiger partial charge in [-0.05, 0) is 59.4 Å². The first kappa shape index (κ1) is 14.3. The van der Waals surface area contributed by atoms with Crippen LogP contribution in [-0.4, -0.2) is 35.7 Å². The molecule has 0 bridgehead atoms. The lowest BCUT2D eigenvalue weighted by molar-refractivity contribution is 0.00872. The fourth-order valence-corrected chi connectivity index (χ4v) is 2.22. The van der Waals surface area contributed by atoms with Crippen LogP contribution in [0.4, 0.5) is 4.79 Å². The average Bonchev–Trinajstić information content (AvgIpc) is 2.24. The van der Waals surface area contributed by atoms with Crippen molar-refractivity contribution in [1.29, 1.82) is 0 Å². The molecule has 1 amide bonds. The molecule has 4 nitrogen and oxygen atoms in total. The van der Waals surface area contributed by atoms with E-state index in [-0.39, 0.29) is 6.09 Å². The zero-order valence-corrected chi connectivity index (χ0v) is 11.4. The van der Waals surface area contributed by atoms with E-state index < -0.39 is 5.60 Å². The van der Waals surface area contributed by atoms with Crippen molar-refractivity contribution in [1.82, 2.24) is 4.90 Å². The molecular weight excluding hydrogens is 216 g/mol. The normalized spacial score (nSPS) is 21.4. The summed E-state index contributed by atoms with van der Waals surface area (Å²) in [5, 5.41) is 0. The first-order valence-electron chi connectivity index (χ1n) is 6.64. The number of hydrogen-bond donors (Lipinski definition) is 1. The van der Waals surface area contributed by atoms with E-state index in [2.05, 4.69) is 0 Å². The van der Waals surface area contributed by atoms with Crippen LogP contribution in [0.3, 0.4) is 0 Å². The van der Waals surface area contributed by atoms with E-state index in [9.17, 15) is 4.79 Å². The molecule has 17 heavy (non-hydrogen) atoms. The Labute approximate surface area is 104 Å². The summed E-state index contributed by atoms with van der Waals surface area (Å²) in [7, 11) is 0. The molecule has 0 aromatic rings. The number of carbonyl (C=O) groups is 1. The minimum atomic E-state index is -0.410. The lowest BCUT2D eigenvalue weighted by Crippen LogP contribution is -2.46. The summed E-state index contributed by atoms with van der Waals surface area (Å²) in [6.45, 7) is 7.24. The van der Waals surface area contributed by atoms with Crippen molar-refractivity contribution >= 4 is 6.09 Å². The quantitative estimate of drug-likeness (QED) is 0.827. The molecule has 100 valence electrons. The topological polar surface area (TPSA) is 55.6 Å². The first-order chi connectivity index (χ1) is 7.94. The van der Waals surface area contributed by atoms with Crippen LogP contribution in [0.5, 0.6) is 0 Å². The van der Waals surface area contributed by atoms with Gasteiger partial charge in [-0.15, -0.1) is 0 Å². The van der Waals surface area contributed by atoms with Crippen molar-refractivity contribution in [2.75, 3.05) is 13.1 Å². The predicted molar refractivity (Wildman–Crippen MR) is 68.9 cm³/mol. The van der Waals surface area contributed by atoms with Crippen LogP contribution < -0.4 is 5.73 Å². The van der Waals surface area contributed by atoms with E-state index in [1.54, 1.807) is 0 Å². The molecule has 0 unspecified atom stereocenters. The number of likely N-dealkylation sites (tertiary alicyclic amines) is 1. The van der Waals surface area contributed by atoms with Gasteiger partial charge >= 0.3 is 6.09 Å². The molecule has 1 aliphatic heterocycles. The fraction of sp³-hybridized carbons (Fsp3) is 0.923. The lowest BCUT2D eigenvalue weighted by atomic mass is 9.98. The zero-order valence-electron chi connectivity index (χ0n) is 11.4. The molecule has 0 aromatic carbocycles. The Kier molecular flexibility index (Phi) is 5.25. The summed E-state index contributed by atoms with van der Waals surface area (Å²) >= 11 is 0. The molecule has 0 radical (unpaired) electrons. The number of piperidine rings is 1. The van der Waals surface area contributed by atoms with Crippen LogP contribution in [0.2, 0.25) is 0 Å². The molecule has 1 aliphatic rings. The van der Waals surface area contributed by atoms with Gasteiger partial charge in [0.1, 0.15) is 5.60 Å². The molecule has 0 saturated carbocycles. The van der Waals surface area contributed by atoms with E-state index in [0.29, 0.717) is 12.6 Å². The monoisotopic (exact) mass is 242 g/mol. The molecule has 4 heteroatoms. The van der Waals surface area contributed by atoms with Crippen LogP contribution >= 0.6 is 0 Å². The van der Waals surface area contributed by atoms with Gasteiger partial charge in [-0.1, -0.05) is 0 Å². The standard InChI is InChI=1S/C13H26N2O2/c1-13(2,3)17-12(16)15-10-5-4-7-11(15)8-6-9-14/h11H,4-10,14H2,1-3H3/t11-/m0/s1. The van der Waals surface area contributed by atoms with Crippen LogP contribution in [-0.2, 0) is 4.74 Å². The van der Waals surface area contributed by atoms with Crippen molar-refractivity contribution in [3.8, 4) is 0 Å². The Morgan fingerprint density at radius 1 is 1.41 bits per heavy atom. The maximum Gasteiger partial charge on any atom is 0.410 e. The summed E-state index contributed by atoms with van der Waals surface area (Å²) < 4.78 is 5.44. The molecule has 1 rings (SSSR count). The fourth-order valence-electron chi connectivity index (χ4n) is 2.22. The third kappa shape index (κ3) is 4.94. The maximum atomic E-state index is 12.1. The molecule has 1 atom stereocenters. The lowest BCUT2D eigenvalue weighted by Gasteiger charge is -2.36. The summed E-state index contributed by atoms with van der Waals surface area (Å²) in [4.78, 5) is 14.0. The van der Waals surface area contributed by atoms with Crippen molar-refractivity contribution in [3.63, 3.8) is 0 Å². The van der Waals surface area contributed by atoms with Gasteiger partial charge < -0.3 is 15.4 Å². The molecule has 1 fully saturated rings. The SMILES string of the molecule is CC(C)(C)OC(=O)N1CCCC[C@H]1CCCN. The number of ether oxygens (including phenoxy) is 1. The van der Waals surface area contributed by atoms with Crippen LogP contribution in [0, 0.1) is 0 Å². The van der Waals surface area contributed by atoms with Gasteiger partial charge in [-0.3, -0.25) is 0 Å². The smallest absolute Gasteiger partial charge is 0.410 e. The van der Waals surface area contributed by atoms with Crippen LogP contribution in [0.1, 0.15) is 52.9 Å². The summed E-state index contributed by atoms with van der Waals surface area (Å²) in [6, 6.07) is 0.321. The summed E-state index contributed by atoms with van der Waals surface area (Å²) in [5.41, 5.74) is 5.12. The van der Waals surface area contributed by atoms with E-state index in [1.807, 2.05) is 25.7 Å². The number of carbonyl (C=O) groups excluding carboxylic acids is 1. The number of nitrogens with zero attached hydrogens (tertiary/aromatic N) is 1. The summed E-state index contributed by atoms with van der Waals surface area (Å²) in [5.74, 6) is 0. The number of amides is 1. The van der Waals surface area contributed by atoms with E-state index in [1.165, 1.54) is 6.42 Å². The van der Waals surface area contributed by atoms with Gasteiger partial charge in [0, 0.05) is 12.6 Å². The first-order valence-corrected chi connectivity index (χ1v) is 6.64. The second kappa shape index (κ2) is 6.24. The number of hydrogen-bond acceptors (Lipinski definition) is 3. The Morgan fingerprint density at radius 3 is 2.71 bits per heavy atom.